The third kappa shape index (κ3) is 19.7. The van der Waals surface area contributed by atoms with E-state index in [-0.39, 0.29) is 26.1 Å². The molecule has 1 N–H and O–H groups in total. The lowest BCUT2D eigenvalue weighted by molar-refractivity contribution is -0.151. The number of carbonyl (C=O) groups excluding carboxylic acids is 2. The van der Waals surface area contributed by atoms with Gasteiger partial charge in [-0.3, -0.25) is 9.59 Å². The van der Waals surface area contributed by atoms with Crippen LogP contribution in [0.15, 0.2) is 0 Å². The van der Waals surface area contributed by atoms with Crippen LogP contribution in [0.1, 0.15) is 33.1 Å². The molecule has 0 heterocycles. The van der Waals surface area contributed by atoms with Crippen LogP contribution in [0.2, 0.25) is 0 Å². The fourth-order valence-electron chi connectivity index (χ4n) is 1.89. The van der Waals surface area contributed by atoms with Crippen molar-refractivity contribution in [3.05, 3.63) is 0 Å². The Hall–Kier alpha value is -1.59. The standard InChI is InChI=1S/C20H36O10/c1-3-17(2)16-29-13-12-27-9-8-25-6-7-26-10-11-28-14-15-30-19(22)5-4-18(21)20(23)24/h17H,3-16H2,1-2H3,(H,23,24). The minimum absolute atomic E-state index is 0.0336. The maximum absolute atomic E-state index is 11.3. The lowest BCUT2D eigenvalue weighted by atomic mass is 10.1. The number of hydrogen-bond donors (Lipinski definition) is 1. The van der Waals surface area contributed by atoms with Crippen LogP contribution in [0.3, 0.4) is 0 Å². The molecular weight excluding hydrogens is 400 g/mol. The van der Waals surface area contributed by atoms with E-state index in [2.05, 4.69) is 13.8 Å². The highest BCUT2D eigenvalue weighted by Crippen LogP contribution is 2.00. The summed E-state index contributed by atoms with van der Waals surface area (Å²) >= 11 is 0. The molecule has 0 bridgehead atoms. The lowest BCUT2D eigenvalue weighted by Gasteiger charge is -2.10. The van der Waals surface area contributed by atoms with Gasteiger partial charge in [0.05, 0.1) is 65.9 Å². The molecule has 30 heavy (non-hydrogen) atoms. The summed E-state index contributed by atoms with van der Waals surface area (Å²) in [6.07, 6.45) is 0.481. The smallest absolute Gasteiger partial charge is 0.372 e. The van der Waals surface area contributed by atoms with Crippen LogP contribution in [0.5, 0.6) is 0 Å². The molecule has 0 saturated carbocycles. The molecule has 1 atom stereocenters. The fourth-order valence-corrected chi connectivity index (χ4v) is 1.89. The Kier molecular flexibility index (Phi) is 19.6. The second-order valence-corrected chi connectivity index (χ2v) is 6.49. The van der Waals surface area contributed by atoms with E-state index < -0.39 is 17.7 Å². The van der Waals surface area contributed by atoms with Crippen LogP contribution in [-0.2, 0) is 42.8 Å². The van der Waals surface area contributed by atoms with Crippen LogP contribution >= 0.6 is 0 Å². The van der Waals surface area contributed by atoms with Crippen LogP contribution in [0, 0.1) is 5.92 Å². The zero-order valence-electron chi connectivity index (χ0n) is 18.1. The molecule has 0 saturated heterocycles. The summed E-state index contributed by atoms with van der Waals surface area (Å²) in [7, 11) is 0. The largest absolute Gasteiger partial charge is 0.476 e. The number of esters is 1. The molecular formula is C20H36O10. The topological polar surface area (TPSA) is 127 Å². The van der Waals surface area contributed by atoms with Crippen LogP contribution < -0.4 is 0 Å². The Morgan fingerprint density at radius 2 is 1.13 bits per heavy atom. The Morgan fingerprint density at radius 3 is 1.57 bits per heavy atom. The van der Waals surface area contributed by atoms with E-state index in [1.54, 1.807) is 0 Å². The van der Waals surface area contributed by atoms with Gasteiger partial charge in [0.15, 0.2) is 0 Å². The molecule has 1 unspecified atom stereocenters. The highest BCUT2D eigenvalue weighted by molar-refractivity contribution is 6.32. The van der Waals surface area contributed by atoms with Crippen LogP contribution in [0.4, 0.5) is 0 Å². The van der Waals surface area contributed by atoms with Gasteiger partial charge in [0.25, 0.3) is 0 Å². The van der Waals surface area contributed by atoms with Crippen LogP contribution in [-0.4, -0.2) is 95.5 Å². The van der Waals surface area contributed by atoms with Crippen molar-refractivity contribution >= 4 is 17.7 Å². The molecule has 0 amide bonds. The second-order valence-electron chi connectivity index (χ2n) is 6.49. The minimum Gasteiger partial charge on any atom is -0.476 e. The molecule has 0 aromatic carbocycles. The molecule has 10 heteroatoms. The van der Waals surface area contributed by atoms with Crippen molar-refractivity contribution < 1.29 is 47.9 Å². The van der Waals surface area contributed by atoms with E-state index in [1.807, 2.05) is 0 Å². The molecule has 0 aliphatic carbocycles. The summed E-state index contributed by atoms with van der Waals surface area (Å²) in [5.41, 5.74) is 0. The Balaban J connectivity index is 3.20. The molecule has 0 aliphatic rings. The van der Waals surface area contributed by atoms with Gasteiger partial charge in [-0.05, 0) is 5.92 Å². The SMILES string of the molecule is CCC(C)COCCOCCOCCOCCOCCOC(=O)CCC(=O)C(=O)O. The van der Waals surface area contributed by atoms with Crippen molar-refractivity contribution in [3.63, 3.8) is 0 Å². The number of ether oxygens (including phenoxy) is 6. The first-order valence-electron chi connectivity index (χ1n) is 10.3. The summed E-state index contributed by atoms with van der Waals surface area (Å²) < 4.78 is 31.6. The average Bonchev–Trinajstić information content (AvgIpc) is 2.73. The van der Waals surface area contributed by atoms with E-state index in [1.165, 1.54) is 0 Å². The molecule has 0 radical (unpaired) electrons. The maximum Gasteiger partial charge on any atom is 0.372 e. The molecule has 0 aromatic heterocycles. The van der Waals surface area contributed by atoms with Crippen molar-refractivity contribution in [2.75, 3.05) is 72.7 Å². The Bertz CT molecular complexity index is 455. The van der Waals surface area contributed by atoms with Gasteiger partial charge in [0.2, 0.25) is 5.78 Å². The van der Waals surface area contributed by atoms with E-state index in [0.29, 0.717) is 58.8 Å². The first kappa shape index (κ1) is 28.4. The fraction of sp³-hybridized carbons (Fsp3) is 0.850. The summed E-state index contributed by atoms with van der Waals surface area (Å²) in [6, 6.07) is 0. The number of ketones is 1. The van der Waals surface area contributed by atoms with Gasteiger partial charge in [-0.25, -0.2) is 4.79 Å². The third-order valence-electron chi connectivity index (χ3n) is 3.87. The summed E-state index contributed by atoms with van der Waals surface area (Å²) in [5.74, 6) is -2.63. The van der Waals surface area contributed by atoms with Gasteiger partial charge in [0, 0.05) is 13.0 Å². The zero-order valence-corrected chi connectivity index (χ0v) is 18.1. The predicted octanol–water partition coefficient (Wildman–Crippen LogP) is 1.09. The van der Waals surface area contributed by atoms with Gasteiger partial charge in [-0.15, -0.1) is 0 Å². The molecule has 10 nitrogen and oxygen atoms in total. The third-order valence-corrected chi connectivity index (χ3v) is 3.87. The van der Waals surface area contributed by atoms with E-state index in [9.17, 15) is 14.4 Å². The van der Waals surface area contributed by atoms with E-state index in [0.717, 1.165) is 13.0 Å². The maximum atomic E-state index is 11.3. The summed E-state index contributed by atoms with van der Waals surface area (Å²) in [6.45, 7) is 9.06. The predicted molar refractivity (Wildman–Crippen MR) is 106 cm³/mol. The van der Waals surface area contributed by atoms with E-state index >= 15 is 0 Å². The normalized spacial score (nSPS) is 11.9. The zero-order chi connectivity index (χ0) is 22.5. The van der Waals surface area contributed by atoms with Crippen molar-refractivity contribution in [1.29, 1.82) is 0 Å². The van der Waals surface area contributed by atoms with Gasteiger partial charge >= 0.3 is 11.9 Å². The number of carboxylic acids is 1. The first-order chi connectivity index (χ1) is 14.5. The quantitative estimate of drug-likeness (QED) is 0.150. The van der Waals surface area contributed by atoms with Crippen molar-refractivity contribution in [2.45, 2.75) is 33.1 Å². The monoisotopic (exact) mass is 436 g/mol. The Labute approximate surface area is 178 Å². The molecule has 176 valence electrons. The number of hydrogen-bond acceptors (Lipinski definition) is 9. The molecule has 0 aliphatic heterocycles. The molecule has 0 rings (SSSR count). The number of rotatable bonds is 22. The van der Waals surface area contributed by atoms with Gasteiger partial charge in [-0.2, -0.15) is 0 Å². The highest BCUT2D eigenvalue weighted by Gasteiger charge is 2.14. The van der Waals surface area contributed by atoms with Gasteiger partial charge in [0.1, 0.15) is 6.61 Å². The number of carbonyl (C=O) groups is 3. The van der Waals surface area contributed by atoms with Gasteiger partial charge < -0.3 is 33.5 Å². The number of Topliss-reactive ketones (excluding diaryl/α,β-unsaturated/α-hetero) is 1. The minimum atomic E-state index is -1.55. The first-order valence-corrected chi connectivity index (χ1v) is 10.3. The van der Waals surface area contributed by atoms with E-state index in [4.69, 9.17) is 33.5 Å². The molecule has 0 spiro atoms. The average molecular weight is 436 g/mol. The summed E-state index contributed by atoms with van der Waals surface area (Å²) in [4.78, 5) is 32.4. The molecule has 0 aromatic rings. The lowest BCUT2D eigenvalue weighted by Crippen LogP contribution is -2.17. The van der Waals surface area contributed by atoms with Crippen molar-refractivity contribution in [2.24, 2.45) is 5.92 Å². The van der Waals surface area contributed by atoms with Gasteiger partial charge in [-0.1, -0.05) is 20.3 Å². The number of carboxylic acid groups (broad SMARTS) is 1. The van der Waals surface area contributed by atoms with Crippen molar-refractivity contribution in [1.82, 2.24) is 0 Å². The second kappa shape index (κ2) is 20.7. The molecule has 0 fully saturated rings. The summed E-state index contributed by atoms with van der Waals surface area (Å²) in [5, 5.41) is 8.39. The Morgan fingerprint density at radius 1 is 0.700 bits per heavy atom. The number of aliphatic carboxylic acids is 1. The van der Waals surface area contributed by atoms with Crippen LogP contribution in [0.25, 0.3) is 0 Å². The van der Waals surface area contributed by atoms with Crippen molar-refractivity contribution in [3.8, 4) is 0 Å². The highest BCUT2D eigenvalue weighted by atomic mass is 16.6.